The monoisotopic (exact) mass is 532 g/mol. The van der Waals surface area contributed by atoms with Crippen LogP contribution in [0.1, 0.15) is 37.7 Å². The Bertz CT molecular complexity index is 1140. The van der Waals surface area contributed by atoms with Crippen molar-refractivity contribution in [1.29, 1.82) is 0 Å². The smallest absolute Gasteiger partial charge is 0.275 e. The summed E-state index contributed by atoms with van der Waals surface area (Å²) in [7, 11) is 0. The van der Waals surface area contributed by atoms with Gasteiger partial charge in [-0.15, -0.1) is 0 Å². The summed E-state index contributed by atoms with van der Waals surface area (Å²) < 4.78 is 2.69. The van der Waals surface area contributed by atoms with Gasteiger partial charge >= 0.3 is 0 Å². The zero-order chi connectivity index (χ0) is 21.8. The maximum atomic E-state index is 12.4. The molecule has 154 valence electrons. The molecule has 9 heteroatoms. The lowest BCUT2D eigenvalue weighted by molar-refractivity contribution is 0.0951. The van der Waals surface area contributed by atoms with Gasteiger partial charge in [0.1, 0.15) is 5.75 Å². The van der Waals surface area contributed by atoms with E-state index in [2.05, 4.69) is 47.8 Å². The van der Waals surface area contributed by atoms with Crippen molar-refractivity contribution in [3.05, 3.63) is 85.6 Å². The molecule has 0 aliphatic heterocycles. The van der Waals surface area contributed by atoms with Gasteiger partial charge in [0, 0.05) is 27.0 Å². The average molecular weight is 534 g/mol. The summed E-state index contributed by atoms with van der Waals surface area (Å²) in [5.41, 5.74) is 8.15. The quantitative estimate of drug-likeness (QED) is 0.333. The lowest BCUT2D eigenvalue weighted by Gasteiger charge is -2.11. The van der Waals surface area contributed by atoms with E-state index >= 15 is 0 Å². The summed E-state index contributed by atoms with van der Waals surface area (Å²) in [6.07, 6.45) is 1.48. The fraction of sp³-hybridized carbons (Fsp3) is 0.0952. The minimum absolute atomic E-state index is 0.0778. The van der Waals surface area contributed by atoms with Crippen LogP contribution in [0, 0.1) is 13.8 Å². The standard InChI is InChI=1S/C21H18Br2N4O3/c1-12-8-15(13(2)27(12)26-20(29)14-6-4-3-5-7-14)11-24-25-21(30)17-9-16(22)10-18(23)19(17)28/h3-11,28H,1-2H3,(H,25,30)(H,26,29)/b24-11-. The van der Waals surface area contributed by atoms with Crippen LogP contribution in [0.15, 0.2) is 62.6 Å². The number of amides is 2. The van der Waals surface area contributed by atoms with Crippen LogP contribution >= 0.6 is 31.9 Å². The molecular formula is C21H18Br2N4O3. The molecular weight excluding hydrogens is 516 g/mol. The highest BCUT2D eigenvalue weighted by Gasteiger charge is 2.15. The number of nitrogens with zero attached hydrogens (tertiary/aromatic N) is 2. The molecule has 7 nitrogen and oxygen atoms in total. The Kier molecular flexibility index (Phi) is 6.73. The van der Waals surface area contributed by atoms with Crippen LogP contribution in [0.25, 0.3) is 0 Å². The van der Waals surface area contributed by atoms with Gasteiger partial charge in [-0.25, -0.2) is 5.43 Å². The highest BCUT2D eigenvalue weighted by molar-refractivity contribution is 9.11. The Hall–Kier alpha value is -2.91. The molecule has 0 radical (unpaired) electrons. The maximum Gasteiger partial charge on any atom is 0.275 e. The van der Waals surface area contributed by atoms with Gasteiger partial charge in [0.2, 0.25) is 0 Å². The Labute approximate surface area is 190 Å². The zero-order valence-electron chi connectivity index (χ0n) is 16.1. The Morgan fingerprint density at radius 1 is 1.07 bits per heavy atom. The van der Waals surface area contributed by atoms with Crippen LogP contribution in [0.3, 0.4) is 0 Å². The molecule has 0 aliphatic carbocycles. The number of carbonyl (C=O) groups is 2. The van der Waals surface area contributed by atoms with Crippen molar-refractivity contribution in [2.45, 2.75) is 13.8 Å². The van der Waals surface area contributed by atoms with Gasteiger partial charge in [-0.05, 0) is 60.1 Å². The second-order valence-corrected chi connectivity index (χ2v) is 8.22. The Morgan fingerprint density at radius 3 is 2.47 bits per heavy atom. The van der Waals surface area contributed by atoms with Crippen LogP contribution in [0.2, 0.25) is 0 Å². The van der Waals surface area contributed by atoms with E-state index in [0.29, 0.717) is 14.5 Å². The van der Waals surface area contributed by atoms with Crippen LogP contribution in [0.4, 0.5) is 0 Å². The number of aromatic nitrogens is 1. The first-order valence-corrected chi connectivity index (χ1v) is 10.4. The summed E-state index contributed by atoms with van der Waals surface area (Å²) in [5.74, 6) is -0.963. The summed E-state index contributed by atoms with van der Waals surface area (Å²) in [5, 5.41) is 14.0. The number of halogens is 2. The number of hydrazone groups is 1. The molecule has 3 aromatic rings. The molecule has 0 unspecified atom stereocenters. The van der Waals surface area contributed by atoms with E-state index < -0.39 is 5.91 Å². The molecule has 0 saturated heterocycles. The average Bonchev–Trinajstić information content (AvgIpc) is 2.98. The molecule has 0 atom stereocenters. The van der Waals surface area contributed by atoms with Crippen molar-refractivity contribution >= 4 is 49.9 Å². The number of nitrogens with one attached hydrogen (secondary N) is 2. The largest absolute Gasteiger partial charge is 0.506 e. The molecule has 30 heavy (non-hydrogen) atoms. The first-order valence-electron chi connectivity index (χ1n) is 8.84. The van der Waals surface area contributed by atoms with Crippen LogP contribution < -0.4 is 10.9 Å². The highest BCUT2D eigenvalue weighted by atomic mass is 79.9. The van der Waals surface area contributed by atoms with Crippen LogP contribution in [-0.2, 0) is 0 Å². The molecule has 0 bridgehead atoms. The SMILES string of the molecule is Cc1cc(/C=N\NC(=O)c2cc(Br)cc(Br)c2O)c(C)n1NC(=O)c1ccccc1. The Balaban J connectivity index is 1.73. The minimum atomic E-state index is -0.558. The molecule has 2 aromatic carbocycles. The van der Waals surface area contributed by atoms with E-state index in [1.807, 2.05) is 26.0 Å². The first kappa shape index (κ1) is 21.8. The normalized spacial score (nSPS) is 10.9. The molecule has 0 saturated carbocycles. The van der Waals surface area contributed by atoms with E-state index in [9.17, 15) is 14.7 Å². The van der Waals surface area contributed by atoms with Gasteiger partial charge in [0.15, 0.2) is 0 Å². The third-order valence-corrected chi connectivity index (χ3v) is 5.42. The lowest BCUT2D eigenvalue weighted by Crippen LogP contribution is -2.24. The predicted octanol–water partition coefficient (Wildman–Crippen LogP) is 4.48. The number of aromatic hydroxyl groups is 1. The molecule has 2 amide bonds. The van der Waals surface area contributed by atoms with Crippen molar-refractivity contribution in [1.82, 2.24) is 10.1 Å². The van der Waals surface area contributed by atoms with Crippen LogP contribution in [-0.4, -0.2) is 27.8 Å². The second kappa shape index (κ2) is 9.27. The number of phenolic OH excluding ortho intramolecular Hbond substituents is 1. The van der Waals surface area contributed by atoms with Gasteiger partial charge in [-0.3, -0.25) is 19.7 Å². The van der Waals surface area contributed by atoms with E-state index in [1.165, 1.54) is 12.3 Å². The third kappa shape index (κ3) is 4.80. The van der Waals surface area contributed by atoms with E-state index in [4.69, 9.17) is 0 Å². The van der Waals surface area contributed by atoms with E-state index in [-0.39, 0.29) is 17.2 Å². The molecule has 0 spiro atoms. The molecule has 0 fully saturated rings. The number of hydrogen-bond donors (Lipinski definition) is 3. The molecule has 1 heterocycles. The van der Waals surface area contributed by atoms with Gasteiger partial charge in [-0.2, -0.15) is 5.10 Å². The van der Waals surface area contributed by atoms with Gasteiger partial charge < -0.3 is 5.11 Å². The number of rotatable bonds is 5. The van der Waals surface area contributed by atoms with Gasteiger partial charge in [0.05, 0.1) is 16.3 Å². The van der Waals surface area contributed by atoms with Gasteiger partial charge in [-0.1, -0.05) is 34.1 Å². The molecule has 1 aromatic heterocycles. The molecule has 3 rings (SSSR count). The summed E-state index contributed by atoms with van der Waals surface area (Å²) in [6.45, 7) is 3.68. The number of phenols is 1. The fourth-order valence-corrected chi connectivity index (χ4v) is 4.03. The Morgan fingerprint density at radius 2 is 1.77 bits per heavy atom. The fourth-order valence-electron chi connectivity index (χ4n) is 2.81. The van der Waals surface area contributed by atoms with Crippen molar-refractivity contribution in [3.8, 4) is 5.75 Å². The van der Waals surface area contributed by atoms with Crippen molar-refractivity contribution < 1.29 is 14.7 Å². The van der Waals surface area contributed by atoms with E-state index in [1.54, 1.807) is 35.0 Å². The van der Waals surface area contributed by atoms with Crippen LogP contribution in [0.5, 0.6) is 5.75 Å². The highest BCUT2D eigenvalue weighted by Crippen LogP contribution is 2.31. The zero-order valence-corrected chi connectivity index (χ0v) is 19.3. The summed E-state index contributed by atoms with van der Waals surface area (Å²) in [6, 6.07) is 13.9. The van der Waals surface area contributed by atoms with Crippen molar-refractivity contribution in [3.63, 3.8) is 0 Å². The maximum absolute atomic E-state index is 12.4. The number of aryl methyl sites for hydroxylation is 1. The second-order valence-electron chi connectivity index (χ2n) is 6.45. The summed E-state index contributed by atoms with van der Waals surface area (Å²) >= 11 is 6.47. The van der Waals surface area contributed by atoms with Gasteiger partial charge in [0.25, 0.3) is 11.8 Å². The molecule has 3 N–H and O–H groups in total. The number of benzene rings is 2. The van der Waals surface area contributed by atoms with Crippen molar-refractivity contribution in [2.24, 2.45) is 5.10 Å². The topological polar surface area (TPSA) is 95.7 Å². The third-order valence-electron chi connectivity index (χ3n) is 4.36. The number of carbonyl (C=O) groups excluding carboxylic acids is 2. The van der Waals surface area contributed by atoms with Crippen molar-refractivity contribution in [2.75, 3.05) is 5.43 Å². The number of hydrogen-bond acceptors (Lipinski definition) is 4. The lowest BCUT2D eigenvalue weighted by atomic mass is 10.2. The molecule has 0 aliphatic rings. The first-order chi connectivity index (χ1) is 14.3. The minimum Gasteiger partial charge on any atom is -0.506 e. The summed E-state index contributed by atoms with van der Waals surface area (Å²) in [4.78, 5) is 24.8. The predicted molar refractivity (Wildman–Crippen MR) is 123 cm³/mol. The van der Waals surface area contributed by atoms with E-state index in [0.717, 1.165) is 17.0 Å².